The third-order valence-electron chi connectivity index (χ3n) is 10.4. The van der Waals surface area contributed by atoms with Gasteiger partial charge < -0.3 is 41.1 Å². The van der Waals surface area contributed by atoms with E-state index in [0.717, 1.165) is 5.56 Å². The van der Waals surface area contributed by atoms with Gasteiger partial charge in [-0.15, -0.1) is 0 Å². The molecule has 5 N–H and O–H groups in total. The van der Waals surface area contributed by atoms with Crippen LogP contribution in [0.4, 0.5) is 0 Å². The van der Waals surface area contributed by atoms with Crippen LogP contribution in [0.5, 0.6) is 0 Å². The zero-order valence-corrected chi connectivity index (χ0v) is 29.8. The minimum Gasteiger partial charge on any atom is -0.391 e. The van der Waals surface area contributed by atoms with Crippen LogP contribution in [0.15, 0.2) is 30.3 Å². The Hall–Kier alpha value is -4.53. The highest BCUT2D eigenvalue weighted by Crippen LogP contribution is 2.27. The molecule has 278 valence electrons. The van der Waals surface area contributed by atoms with Crippen LogP contribution in [0.25, 0.3) is 0 Å². The van der Waals surface area contributed by atoms with Crippen LogP contribution in [0.3, 0.4) is 0 Å². The molecule has 15 heteroatoms. The van der Waals surface area contributed by atoms with Crippen molar-refractivity contribution in [2.24, 2.45) is 5.92 Å². The van der Waals surface area contributed by atoms with E-state index in [4.69, 9.17) is 0 Å². The summed E-state index contributed by atoms with van der Waals surface area (Å²) in [7, 11) is 0. The molecule has 4 fully saturated rings. The van der Waals surface area contributed by atoms with Gasteiger partial charge in [-0.05, 0) is 63.9 Å². The molecule has 5 rings (SSSR count). The first-order chi connectivity index (χ1) is 24.3. The Morgan fingerprint density at radius 1 is 0.627 bits per heavy atom. The smallest absolute Gasteiger partial charge is 0.248 e. The number of benzene rings is 1. The monoisotopic (exact) mass is 709 g/mol. The van der Waals surface area contributed by atoms with E-state index in [-0.39, 0.29) is 24.8 Å². The summed E-state index contributed by atoms with van der Waals surface area (Å²) >= 11 is 0. The predicted octanol–water partition coefficient (Wildman–Crippen LogP) is -0.788. The molecule has 7 amide bonds. The number of nitrogens with one attached hydrogen (secondary N) is 4. The van der Waals surface area contributed by atoms with Crippen LogP contribution < -0.4 is 21.3 Å². The van der Waals surface area contributed by atoms with Crippen molar-refractivity contribution in [1.82, 2.24) is 36.0 Å². The van der Waals surface area contributed by atoms with Crippen molar-refractivity contribution in [1.29, 1.82) is 0 Å². The number of nitrogens with zero attached hydrogens (tertiary/aromatic N) is 3. The minimum absolute atomic E-state index is 0.102. The van der Waals surface area contributed by atoms with E-state index in [1.165, 1.54) is 28.5 Å². The SMILES string of the molecule is CC(C)[C@@H]1NC(=O)[C@H](Cc2ccccc2)NC(=O)[C@@H]2CCCN2C(=O)[C@H]([C@@H](C)O)NC(=O)[C@H](C)NC(=O)[C@@H]2CCCN2C(=O)[C@@H]2CCCN2C1=O. The van der Waals surface area contributed by atoms with Crippen LogP contribution in [-0.2, 0) is 40.0 Å². The average Bonchev–Trinajstić information content (AvgIpc) is 3.89. The van der Waals surface area contributed by atoms with E-state index < -0.39 is 83.8 Å². The number of rotatable bonds is 4. The van der Waals surface area contributed by atoms with Crippen LogP contribution in [0.1, 0.15) is 71.8 Å². The maximum atomic E-state index is 14.2. The van der Waals surface area contributed by atoms with Gasteiger partial charge in [-0.3, -0.25) is 33.6 Å². The topological polar surface area (TPSA) is 198 Å². The second-order valence-corrected chi connectivity index (χ2v) is 14.5. The number of aliphatic hydroxyl groups is 1. The Labute approximate surface area is 298 Å². The van der Waals surface area contributed by atoms with Crippen molar-refractivity contribution in [2.75, 3.05) is 19.6 Å². The van der Waals surface area contributed by atoms with Gasteiger partial charge in [0.15, 0.2) is 0 Å². The van der Waals surface area contributed by atoms with E-state index in [1.54, 1.807) is 13.8 Å². The molecular formula is C36H51N7O8. The summed E-state index contributed by atoms with van der Waals surface area (Å²) in [6, 6.07) is 1.73. The highest BCUT2D eigenvalue weighted by atomic mass is 16.3. The molecule has 8 atom stereocenters. The third-order valence-corrected chi connectivity index (χ3v) is 10.4. The lowest BCUT2D eigenvalue weighted by Crippen LogP contribution is -2.61. The van der Waals surface area contributed by atoms with E-state index in [2.05, 4.69) is 21.3 Å². The maximum Gasteiger partial charge on any atom is 0.248 e. The fourth-order valence-corrected chi connectivity index (χ4v) is 7.58. The molecule has 0 spiro atoms. The molecule has 0 radical (unpaired) electrons. The van der Waals surface area contributed by atoms with E-state index in [9.17, 15) is 38.7 Å². The van der Waals surface area contributed by atoms with Gasteiger partial charge >= 0.3 is 0 Å². The van der Waals surface area contributed by atoms with Gasteiger partial charge in [-0.25, -0.2) is 0 Å². The first-order valence-corrected chi connectivity index (χ1v) is 18.1. The van der Waals surface area contributed by atoms with Gasteiger partial charge in [0.1, 0.15) is 42.3 Å². The third kappa shape index (κ3) is 8.35. The Balaban J connectivity index is 1.51. The van der Waals surface area contributed by atoms with Crippen molar-refractivity contribution in [2.45, 2.75) is 121 Å². The Morgan fingerprint density at radius 2 is 1.12 bits per heavy atom. The van der Waals surface area contributed by atoms with Gasteiger partial charge in [0.05, 0.1) is 6.10 Å². The summed E-state index contributed by atoms with van der Waals surface area (Å²) in [6.45, 7) is 7.16. The van der Waals surface area contributed by atoms with Gasteiger partial charge in [0, 0.05) is 26.1 Å². The average molecular weight is 710 g/mol. The standard InChI is InChI=1S/C36H51N7O8/c1-20(2)28-35(50)43-18-10-15-27(43)34(49)41-16-8-13-25(41)32(47)37-21(3)30(45)40-29(22(4)44)36(51)42-17-9-14-26(42)33(48)38-24(31(46)39-28)19-23-11-6-5-7-12-23/h5-7,11-12,20-22,24-29,44H,8-10,13-19H2,1-4H3,(H,37,47)(H,38,48)(H,39,46)(H,40,45)/t21-,22+,24-,25-,26-,27-,28-,29-/m0/s1. The summed E-state index contributed by atoms with van der Waals surface area (Å²) in [6.07, 6.45) is 1.41. The largest absolute Gasteiger partial charge is 0.391 e. The van der Waals surface area contributed by atoms with Crippen LogP contribution in [0, 0.1) is 5.92 Å². The summed E-state index contributed by atoms with van der Waals surface area (Å²) in [4.78, 5) is 101. The lowest BCUT2D eigenvalue weighted by Gasteiger charge is -2.34. The molecule has 4 heterocycles. The first-order valence-electron chi connectivity index (χ1n) is 18.1. The molecule has 0 saturated carbocycles. The fraction of sp³-hybridized carbons (Fsp3) is 0.639. The number of hydrogen-bond donors (Lipinski definition) is 5. The second kappa shape index (κ2) is 16.2. The summed E-state index contributed by atoms with van der Waals surface area (Å²) in [5.74, 6) is -4.29. The van der Waals surface area contributed by atoms with Crippen molar-refractivity contribution < 1.29 is 38.7 Å². The summed E-state index contributed by atoms with van der Waals surface area (Å²) in [5.41, 5.74) is 0.759. The number of amides is 7. The van der Waals surface area contributed by atoms with Gasteiger partial charge in [-0.2, -0.15) is 0 Å². The quantitative estimate of drug-likeness (QED) is 0.268. The molecule has 0 aromatic heterocycles. The lowest BCUT2D eigenvalue weighted by molar-refractivity contribution is -0.148. The number of hydrogen-bond acceptors (Lipinski definition) is 8. The summed E-state index contributed by atoms with van der Waals surface area (Å²) < 4.78 is 0. The molecule has 0 aliphatic carbocycles. The second-order valence-electron chi connectivity index (χ2n) is 14.5. The number of aliphatic hydroxyl groups excluding tert-OH is 1. The van der Waals surface area contributed by atoms with Gasteiger partial charge in [0.25, 0.3) is 0 Å². The highest BCUT2D eigenvalue weighted by molar-refractivity contribution is 5.99. The zero-order chi connectivity index (χ0) is 37.0. The van der Waals surface area contributed by atoms with E-state index in [1.807, 2.05) is 30.3 Å². The minimum atomic E-state index is -1.42. The molecule has 4 aliphatic heterocycles. The molecule has 4 saturated heterocycles. The van der Waals surface area contributed by atoms with Crippen molar-refractivity contribution in [3.63, 3.8) is 0 Å². The van der Waals surface area contributed by atoms with Crippen LogP contribution in [0.2, 0.25) is 0 Å². The number of carbonyl (C=O) groups excluding carboxylic acids is 7. The lowest BCUT2D eigenvalue weighted by atomic mass is 9.99. The van der Waals surface area contributed by atoms with E-state index >= 15 is 0 Å². The Bertz CT molecular complexity index is 1500. The molecule has 51 heavy (non-hydrogen) atoms. The number of carbonyl (C=O) groups is 7. The molecule has 0 unspecified atom stereocenters. The fourth-order valence-electron chi connectivity index (χ4n) is 7.58. The van der Waals surface area contributed by atoms with Crippen molar-refractivity contribution in [3.05, 3.63) is 35.9 Å². The maximum absolute atomic E-state index is 14.2. The normalized spacial score (nSPS) is 30.9. The van der Waals surface area contributed by atoms with Crippen molar-refractivity contribution >= 4 is 41.4 Å². The number of fused-ring (bicyclic) bond motifs is 3. The predicted molar refractivity (Wildman–Crippen MR) is 184 cm³/mol. The highest BCUT2D eigenvalue weighted by Gasteiger charge is 2.45. The summed E-state index contributed by atoms with van der Waals surface area (Å²) in [5, 5.41) is 21.5. The molecular weight excluding hydrogens is 658 g/mol. The first kappa shape index (κ1) is 37.7. The van der Waals surface area contributed by atoms with Crippen molar-refractivity contribution in [3.8, 4) is 0 Å². The Kier molecular flexibility index (Phi) is 12.0. The molecule has 1 aromatic rings. The van der Waals surface area contributed by atoms with Crippen LogP contribution in [-0.4, -0.2) is 129 Å². The van der Waals surface area contributed by atoms with E-state index in [0.29, 0.717) is 51.6 Å². The zero-order valence-electron chi connectivity index (χ0n) is 29.8. The van der Waals surface area contributed by atoms with Gasteiger partial charge in [-0.1, -0.05) is 44.2 Å². The molecule has 15 nitrogen and oxygen atoms in total. The Morgan fingerprint density at radius 3 is 1.69 bits per heavy atom. The molecule has 4 aliphatic rings. The van der Waals surface area contributed by atoms with Gasteiger partial charge in [0.2, 0.25) is 41.4 Å². The molecule has 1 aromatic carbocycles. The van der Waals surface area contributed by atoms with Crippen LogP contribution >= 0.6 is 0 Å². The molecule has 0 bridgehead atoms.